The van der Waals surface area contributed by atoms with E-state index in [9.17, 15) is 18.3 Å². The summed E-state index contributed by atoms with van der Waals surface area (Å²) in [6, 6.07) is 5.86. The van der Waals surface area contributed by atoms with E-state index in [-0.39, 0.29) is 11.9 Å². The number of benzene rings is 1. The normalized spacial score (nSPS) is 24.6. The lowest BCUT2D eigenvalue weighted by Crippen LogP contribution is -2.42. The van der Waals surface area contributed by atoms with E-state index in [0.717, 1.165) is 18.5 Å². The van der Waals surface area contributed by atoms with Crippen LogP contribution < -0.4 is 4.74 Å². The number of piperidine rings is 1. The minimum Gasteiger partial charge on any atom is -0.406 e. The Hall–Kier alpha value is -1.27. The van der Waals surface area contributed by atoms with Crippen molar-refractivity contribution in [1.29, 1.82) is 0 Å². The first kappa shape index (κ1) is 15.1. The molecular formula is C14H18F3NO2. The van der Waals surface area contributed by atoms with E-state index in [1.165, 1.54) is 12.1 Å². The zero-order valence-corrected chi connectivity index (χ0v) is 11.2. The fraction of sp³-hybridized carbons (Fsp3) is 0.571. The van der Waals surface area contributed by atoms with Crippen LogP contribution >= 0.6 is 0 Å². The lowest BCUT2D eigenvalue weighted by molar-refractivity contribution is -0.274. The summed E-state index contributed by atoms with van der Waals surface area (Å²) in [6.07, 6.45) is -4.07. The maximum atomic E-state index is 12.0. The van der Waals surface area contributed by atoms with Crippen LogP contribution in [0.1, 0.15) is 18.9 Å². The molecule has 1 N–H and O–H groups in total. The molecular weight excluding hydrogens is 271 g/mol. The maximum absolute atomic E-state index is 12.0. The largest absolute Gasteiger partial charge is 0.573 e. The van der Waals surface area contributed by atoms with Crippen LogP contribution in [0, 0.1) is 5.92 Å². The number of aliphatic hydroxyl groups excluding tert-OH is 1. The number of ether oxygens (including phenoxy) is 1. The fourth-order valence-corrected chi connectivity index (χ4v) is 2.31. The molecule has 3 nitrogen and oxygen atoms in total. The van der Waals surface area contributed by atoms with Crippen LogP contribution in [0.4, 0.5) is 13.2 Å². The molecule has 1 aliphatic heterocycles. The highest BCUT2D eigenvalue weighted by Crippen LogP contribution is 2.24. The summed E-state index contributed by atoms with van der Waals surface area (Å²) < 4.78 is 39.9. The summed E-state index contributed by atoms with van der Waals surface area (Å²) in [6.45, 7) is 4.13. The van der Waals surface area contributed by atoms with Gasteiger partial charge in [-0.3, -0.25) is 4.90 Å². The number of likely N-dealkylation sites (tertiary alicyclic amines) is 1. The van der Waals surface area contributed by atoms with E-state index in [1.54, 1.807) is 12.1 Å². The third-order valence-electron chi connectivity index (χ3n) is 3.57. The van der Waals surface area contributed by atoms with Crippen LogP contribution in [0.15, 0.2) is 24.3 Å². The number of nitrogens with zero attached hydrogens (tertiary/aromatic N) is 1. The Labute approximate surface area is 116 Å². The molecule has 1 heterocycles. The molecule has 0 spiro atoms. The summed E-state index contributed by atoms with van der Waals surface area (Å²) in [5.74, 6) is 0.0855. The number of aliphatic hydroxyl groups is 1. The van der Waals surface area contributed by atoms with Crippen molar-refractivity contribution in [3.8, 4) is 5.75 Å². The topological polar surface area (TPSA) is 32.7 Å². The summed E-state index contributed by atoms with van der Waals surface area (Å²) in [7, 11) is 0. The van der Waals surface area contributed by atoms with Crippen LogP contribution in [-0.2, 0) is 6.54 Å². The van der Waals surface area contributed by atoms with Gasteiger partial charge in [0.05, 0.1) is 6.10 Å². The minimum absolute atomic E-state index is 0.214. The Morgan fingerprint density at radius 3 is 2.50 bits per heavy atom. The second-order valence-corrected chi connectivity index (χ2v) is 5.26. The molecule has 2 rings (SSSR count). The van der Waals surface area contributed by atoms with Crippen molar-refractivity contribution in [2.24, 2.45) is 5.92 Å². The highest BCUT2D eigenvalue weighted by atomic mass is 19.4. The number of halogens is 3. The van der Waals surface area contributed by atoms with E-state index in [0.29, 0.717) is 19.0 Å². The third-order valence-corrected chi connectivity index (χ3v) is 3.57. The van der Waals surface area contributed by atoms with Gasteiger partial charge in [-0.05, 0) is 36.6 Å². The van der Waals surface area contributed by atoms with E-state index in [4.69, 9.17) is 0 Å². The molecule has 20 heavy (non-hydrogen) atoms. The highest BCUT2D eigenvalue weighted by Gasteiger charge is 2.31. The molecule has 1 saturated heterocycles. The average molecular weight is 289 g/mol. The average Bonchev–Trinajstić information content (AvgIpc) is 2.35. The first-order valence-corrected chi connectivity index (χ1v) is 6.58. The van der Waals surface area contributed by atoms with Crippen molar-refractivity contribution >= 4 is 0 Å². The van der Waals surface area contributed by atoms with Gasteiger partial charge in [0.15, 0.2) is 0 Å². The van der Waals surface area contributed by atoms with Crippen LogP contribution in [0.25, 0.3) is 0 Å². The molecule has 0 aromatic heterocycles. The maximum Gasteiger partial charge on any atom is 0.573 e. The van der Waals surface area contributed by atoms with Crippen LogP contribution in [0.3, 0.4) is 0 Å². The van der Waals surface area contributed by atoms with Gasteiger partial charge in [0.2, 0.25) is 0 Å². The van der Waals surface area contributed by atoms with Crippen LogP contribution in [0.5, 0.6) is 5.75 Å². The molecule has 112 valence electrons. The van der Waals surface area contributed by atoms with Gasteiger partial charge in [-0.1, -0.05) is 19.1 Å². The molecule has 0 bridgehead atoms. The van der Waals surface area contributed by atoms with Crippen LogP contribution in [0.2, 0.25) is 0 Å². The molecule has 1 fully saturated rings. The Bertz CT molecular complexity index is 433. The Morgan fingerprint density at radius 1 is 1.30 bits per heavy atom. The predicted molar refractivity (Wildman–Crippen MR) is 68.2 cm³/mol. The van der Waals surface area contributed by atoms with Crippen molar-refractivity contribution < 1.29 is 23.0 Å². The first-order chi connectivity index (χ1) is 9.33. The van der Waals surface area contributed by atoms with E-state index in [1.807, 2.05) is 6.92 Å². The number of rotatable bonds is 3. The van der Waals surface area contributed by atoms with E-state index >= 15 is 0 Å². The van der Waals surface area contributed by atoms with Crippen molar-refractivity contribution in [3.05, 3.63) is 29.8 Å². The molecule has 0 saturated carbocycles. The number of β-amino-alcohol motifs (C(OH)–C–C–N with tert-alkyl or cyclic N) is 1. The van der Waals surface area contributed by atoms with Gasteiger partial charge in [0.1, 0.15) is 5.75 Å². The lowest BCUT2D eigenvalue weighted by atomic mass is 9.96. The smallest absolute Gasteiger partial charge is 0.406 e. The molecule has 2 atom stereocenters. The lowest BCUT2D eigenvalue weighted by Gasteiger charge is -2.34. The molecule has 6 heteroatoms. The van der Waals surface area contributed by atoms with Gasteiger partial charge in [0.25, 0.3) is 0 Å². The molecule has 1 aromatic carbocycles. The van der Waals surface area contributed by atoms with Gasteiger partial charge in [-0.15, -0.1) is 13.2 Å². The van der Waals surface area contributed by atoms with Gasteiger partial charge in [0, 0.05) is 13.1 Å². The Balaban J connectivity index is 1.91. The van der Waals surface area contributed by atoms with Gasteiger partial charge in [-0.2, -0.15) is 0 Å². The molecule has 0 aliphatic carbocycles. The predicted octanol–water partition coefficient (Wildman–Crippen LogP) is 2.79. The minimum atomic E-state index is -4.66. The standard InChI is InChI=1S/C14H18F3NO2/c1-10-6-7-18(9-13(10)19)8-11-2-4-12(5-3-11)20-14(15,16)17/h2-5,10,13,19H,6-9H2,1H3. The van der Waals surface area contributed by atoms with Crippen molar-refractivity contribution in [2.45, 2.75) is 32.4 Å². The zero-order valence-electron chi connectivity index (χ0n) is 11.2. The summed E-state index contributed by atoms with van der Waals surface area (Å²) >= 11 is 0. The first-order valence-electron chi connectivity index (χ1n) is 6.58. The third kappa shape index (κ3) is 4.38. The number of alkyl halides is 3. The molecule has 0 radical (unpaired) electrons. The molecule has 1 aromatic rings. The fourth-order valence-electron chi connectivity index (χ4n) is 2.31. The van der Waals surface area contributed by atoms with Crippen LogP contribution in [-0.4, -0.2) is 35.6 Å². The van der Waals surface area contributed by atoms with Gasteiger partial charge in [-0.25, -0.2) is 0 Å². The number of hydrogen-bond donors (Lipinski definition) is 1. The summed E-state index contributed by atoms with van der Waals surface area (Å²) in [4.78, 5) is 2.10. The second kappa shape index (κ2) is 6.01. The van der Waals surface area contributed by atoms with Gasteiger partial charge >= 0.3 is 6.36 Å². The second-order valence-electron chi connectivity index (χ2n) is 5.26. The van der Waals surface area contributed by atoms with Crippen molar-refractivity contribution in [3.63, 3.8) is 0 Å². The summed E-state index contributed by atoms with van der Waals surface area (Å²) in [5, 5.41) is 9.81. The molecule has 1 aliphatic rings. The van der Waals surface area contributed by atoms with Gasteiger partial charge < -0.3 is 9.84 Å². The highest BCUT2D eigenvalue weighted by molar-refractivity contribution is 5.27. The summed E-state index contributed by atoms with van der Waals surface area (Å²) in [5.41, 5.74) is 0.904. The molecule has 2 unspecified atom stereocenters. The van der Waals surface area contributed by atoms with E-state index < -0.39 is 6.36 Å². The number of hydrogen-bond acceptors (Lipinski definition) is 3. The zero-order chi connectivity index (χ0) is 14.8. The Kier molecular flexibility index (Phi) is 4.55. The monoisotopic (exact) mass is 289 g/mol. The Morgan fingerprint density at radius 2 is 1.95 bits per heavy atom. The molecule has 0 amide bonds. The van der Waals surface area contributed by atoms with E-state index in [2.05, 4.69) is 9.64 Å². The van der Waals surface area contributed by atoms with Crippen molar-refractivity contribution in [2.75, 3.05) is 13.1 Å². The SMILES string of the molecule is CC1CCN(Cc2ccc(OC(F)(F)F)cc2)CC1O. The van der Waals surface area contributed by atoms with Crippen molar-refractivity contribution in [1.82, 2.24) is 4.90 Å². The quantitative estimate of drug-likeness (QED) is 0.928.